The minimum atomic E-state index is -0.302. The molecule has 0 saturated carbocycles. The number of carbonyl (C=O) groups is 2. The molecule has 1 atom stereocenters. The number of nitrogens with zero attached hydrogens (tertiary/aromatic N) is 2. The van der Waals surface area contributed by atoms with Crippen LogP contribution >= 0.6 is 11.3 Å². The van der Waals surface area contributed by atoms with Gasteiger partial charge < -0.3 is 9.64 Å². The molecule has 1 aliphatic heterocycles. The van der Waals surface area contributed by atoms with Gasteiger partial charge in [0.1, 0.15) is 17.0 Å². The van der Waals surface area contributed by atoms with E-state index in [9.17, 15) is 14.4 Å². The second-order valence-electron chi connectivity index (χ2n) is 13.0. The van der Waals surface area contributed by atoms with Crippen molar-refractivity contribution < 1.29 is 14.3 Å². The molecule has 1 unspecified atom stereocenters. The standard InChI is InChI=1S/C38H42N2O4S/c1-25-10-9-19-39(23-25)35(42)24-40-36(22-32(41)27-13-16-30(17-14-27)38(3,4)5)45-34(37(40)43)21-29-20-28(15-18-33(29)44-6)31-12-8-7-11-26(31)2/h7-8,11-18,20-22,25H,9-10,19,23-24H2,1-6H3/b34-21-,36-22+. The van der Waals surface area contributed by atoms with Gasteiger partial charge in [-0.05, 0) is 71.6 Å². The van der Waals surface area contributed by atoms with Crippen LogP contribution in [0, 0.1) is 12.8 Å². The minimum Gasteiger partial charge on any atom is -0.496 e. The number of piperidine rings is 1. The molecule has 0 N–H and O–H groups in total. The third-order valence-electron chi connectivity index (χ3n) is 8.50. The van der Waals surface area contributed by atoms with E-state index >= 15 is 0 Å². The molecule has 5 rings (SSSR count). The Morgan fingerprint density at radius 2 is 1.78 bits per heavy atom. The lowest BCUT2D eigenvalue weighted by Gasteiger charge is -2.31. The smallest absolute Gasteiger partial charge is 0.269 e. The maximum Gasteiger partial charge on any atom is 0.269 e. The molecule has 0 bridgehead atoms. The summed E-state index contributed by atoms with van der Waals surface area (Å²) in [7, 11) is 1.61. The van der Waals surface area contributed by atoms with Crippen molar-refractivity contribution in [3.63, 3.8) is 0 Å². The van der Waals surface area contributed by atoms with Gasteiger partial charge in [0.25, 0.3) is 5.56 Å². The molecule has 6 nitrogen and oxygen atoms in total. The highest BCUT2D eigenvalue weighted by Crippen LogP contribution is 2.29. The SMILES string of the molecule is COc1ccc(-c2ccccc2C)cc1/C=c1\s/c(=C/C(=O)c2ccc(C(C)(C)C)cc2)n(CC(=O)N2CCCC(C)C2)c1=O. The van der Waals surface area contributed by atoms with Crippen molar-refractivity contribution in [1.82, 2.24) is 9.47 Å². The van der Waals surface area contributed by atoms with Crippen LogP contribution in [0.2, 0.25) is 0 Å². The summed E-state index contributed by atoms with van der Waals surface area (Å²) in [6, 6.07) is 21.6. The van der Waals surface area contributed by atoms with Gasteiger partial charge in [0.05, 0.1) is 11.6 Å². The largest absolute Gasteiger partial charge is 0.496 e. The first-order valence-electron chi connectivity index (χ1n) is 15.5. The predicted octanol–water partition coefficient (Wildman–Crippen LogP) is 5.94. The van der Waals surface area contributed by atoms with E-state index in [1.165, 1.54) is 22.0 Å². The summed E-state index contributed by atoms with van der Waals surface area (Å²) in [6.45, 7) is 11.8. The van der Waals surface area contributed by atoms with Crippen molar-refractivity contribution in [2.24, 2.45) is 5.92 Å². The van der Waals surface area contributed by atoms with Gasteiger partial charge in [-0.25, -0.2) is 0 Å². The summed E-state index contributed by atoms with van der Waals surface area (Å²) in [5.41, 5.74) is 5.32. The number of aryl methyl sites for hydroxylation is 1. The fourth-order valence-electron chi connectivity index (χ4n) is 5.83. The highest BCUT2D eigenvalue weighted by atomic mass is 32.1. The second-order valence-corrected chi connectivity index (χ2v) is 14.1. The van der Waals surface area contributed by atoms with Crippen molar-refractivity contribution in [1.29, 1.82) is 0 Å². The van der Waals surface area contributed by atoms with E-state index in [0.29, 0.717) is 39.5 Å². The number of hydrogen-bond acceptors (Lipinski definition) is 5. The molecular formula is C38H42N2O4S. The Kier molecular flexibility index (Phi) is 9.59. The Morgan fingerprint density at radius 3 is 2.44 bits per heavy atom. The highest BCUT2D eigenvalue weighted by Gasteiger charge is 2.22. The number of likely N-dealkylation sites (tertiary alicyclic amines) is 1. The van der Waals surface area contributed by atoms with Crippen LogP contribution in [0.1, 0.15) is 67.6 Å². The Hall–Kier alpha value is -4.23. The van der Waals surface area contributed by atoms with Crippen LogP contribution in [0.3, 0.4) is 0 Å². The number of thiazole rings is 1. The topological polar surface area (TPSA) is 68.6 Å². The van der Waals surface area contributed by atoms with Gasteiger partial charge in [-0.1, -0.05) is 82.3 Å². The second kappa shape index (κ2) is 13.4. The van der Waals surface area contributed by atoms with E-state index < -0.39 is 0 Å². The average molecular weight is 623 g/mol. The van der Waals surface area contributed by atoms with Gasteiger partial charge >= 0.3 is 0 Å². The lowest BCUT2D eigenvalue weighted by molar-refractivity contribution is -0.133. The van der Waals surface area contributed by atoms with Crippen molar-refractivity contribution in [2.75, 3.05) is 20.2 Å². The van der Waals surface area contributed by atoms with E-state index in [0.717, 1.165) is 40.7 Å². The third kappa shape index (κ3) is 7.36. The minimum absolute atomic E-state index is 0.0336. The Balaban J connectivity index is 1.61. The van der Waals surface area contributed by atoms with Crippen molar-refractivity contribution in [3.05, 3.63) is 109 Å². The molecule has 7 heteroatoms. The molecule has 0 spiro atoms. The summed E-state index contributed by atoms with van der Waals surface area (Å²) in [5.74, 6) is 0.729. The summed E-state index contributed by atoms with van der Waals surface area (Å²) in [6.07, 6.45) is 5.33. The number of methoxy groups -OCH3 is 1. The van der Waals surface area contributed by atoms with Gasteiger partial charge in [-0.2, -0.15) is 0 Å². The zero-order valence-corrected chi connectivity index (χ0v) is 27.9. The molecule has 3 aromatic carbocycles. The number of amides is 1. The zero-order chi connectivity index (χ0) is 32.3. The molecular weight excluding hydrogens is 580 g/mol. The third-order valence-corrected chi connectivity index (χ3v) is 9.56. The maximum absolute atomic E-state index is 14.0. The molecule has 1 fully saturated rings. The Morgan fingerprint density at radius 1 is 1.04 bits per heavy atom. The molecule has 45 heavy (non-hydrogen) atoms. The first kappa shape index (κ1) is 32.2. The van der Waals surface area contributed by atoms with Gasteiger partial charge in [-0.15, -0.1) is 11.3 Å². The first-order chi connectivity index (χ1) is 21.4. The summed E-state index contributed by atoms with van der Waals surface area (Å²) >= 11 is 1.22. The number of Topliss-reactive ketones (excluding diaryl/α,β-unsaturated/α-hetero) is 1. The van der Waals surface area contributed by atoms with Crippen molar-refractivity contribution in [2.45, 2.75) is 59.4 Å². The number of carbonyl (C=O) groups excluding carboxylic acids is 2. The van der Waals surface area contributed by atoms with Gasteiger partial charge in [0, 0.05) is 30.3 Å². The number of hydrogen-bond donors (Lipinski definition) is 0. The Bertz CT molecular complexity index is 1890. The van der Waals surface area contributed by atoms with Gasteiger partial charge in [-0.3, -0.25) is 19.0 Å². The van der Waals surface area contributed by atoms with Crippen LogP contribution in [0.4, 0.5) is 0 Å². The van der Waals surface area contributed by atoms with Crippen LogP contribution in [-0.2, 0) is 16.8 Å². The lowest BCUT2D eigenvalue weighted by Crippen LogP contribution is -2.44. The van der Waals surface area contributed by atoms with Crippen LogP contribution in [0.15, 0.2) is 71.5 Å². The van der Waals surface area contributed by atoms with Gasteiger partial charge in [0.2, 0.25) is 5.91 Å². The monoisotopic (exact) mass is 622 g/mol. The van der Waals surface area contributed by atoms with Crippen LogP contribution in [0.25, 0.3) is 23.3 Å². The van der Waals surface area contributed by atoms with Gasteiger partial charge in [0.15, 0.2) is 5.78 Å². The number of aromatic nitrogens is 1. The first-order valence-corrected chi connectivity index (χ1v) is 16.4. The molecule has 1 aliphatic rings. The summed E-state index contributed by atoms with van der Waals surface area (Å²) in [4.78, 5) is 42.7. The molecule has 1 amide bonds. The normalized spacial score (nSPS) is 16.2. The molecule has 2 heterocycles. The molecule has 234 valence electrons. The molecule has 4 aromatic rings. The van der Waals surface area contributed by atoms with Crippen LogP contribution in [-0.4, -0.2) is 41.4 Å². The Labute approximate surface area is 269 Å². The number of rotatable bonds is 7. The average Bonchev–Trinajstić information content (AvgIpc) is 3.29. The lowest BCUT2D eigenvalue weighted by atomic mass is 9.86. The van der Waals surface area contributed by atoms with Crippen LogP contribution < -0.4 is 19.5 Å². The quantitative estimate of drug-likeness (QED) is 0.239. The molecule has 0 aliphatic carbocycles. The van der Waals surface area contributed by atoms with E-state index in [1.807, 2.05) is 59.5 Å². The molecule has 1 saturated heterocycles. The fourth-order valence-corrected chi connectivity index (χ4v) is 6.86. The number of ether oxygens (including phenoxy) is 1. The van der Waals surface area contributed by atoms with E-state index in [1.54, 1.807) is 13.2 Å². The number of benzene rings is 3. The molecule has 0 radical (unpaired) electrons. The van der Waals surface area contributed by atoms with E-state index in [2.05, 4.69) is 46.8 Å². The van der Waals surface area contributed by atoms with Crippen molar-refractivity contribution in [3.8, 4) is 16.9 Å². The summed E-state index contributed by atoms with van der Waals surface area (Å²) in [5, 5.41) is 0. The maximum atomic E-state index is 14.0. The molecule has 1 aromatic heterocycles. The predicted molar refractivity (Wildman–Crippen MR) is 183 cm³/mol. The highest BCUT2D eigenvalue weighted by molar-refractivity contribution is 7.07. The van der Waals surface area contributed by atoms with Crippen molar-refractivity contribution >= 4 is 35.2 Å². The van der Waals surface area contributed by atoms with E-state index in [-0.39, 0.29) is 29.2 Å². The number of ketones is 1. The fraction of sp³-hybridized carbons (Fsp3) is 0.342. The van der Waals surface area contributed by atoms with Crippen LogP contribution in [0.5, 0.6) is 5.75 Å². The van der Waals surface area contributed by atoms with E-state index in [4.69, 9.17) is 4.74 Å². The zero-order valence-electron chi connectivity index (χ0n) is 27.1. The summed E-state index contributed by atoms with van der Waals surface area (Å²) < 4.78 is 8.00.